The van der Waals surface area contributed by atoms with Gasteiger partial charge in [-0.15, -0.1) is 0 Å². The van der Waals surface area contributed by atoms with E-state index in [-0.39, 0.29) is 0 Å². The fourth-order valence-corrected chi connectivity index (χ4v) is 4.13. The normalized spacial score (nSPS) is 15.0. The molecule has 1 aromatic carbocycles. The van der Waals surface area contributed by atoms with Crippen LogP contribution in [0.15, 0.2) is 18.2 Å². The highest BCUT2D eigenvalue weighted by molar-refractivity contribution is 5.82. The maximum Gasteiger partial charge on any atom is 0.227 e. The Morgan fingerprint density at radius 3 is 2.59 bits per heavy atom. The molecule has 7 nitrogen and oxygen atoms in total. The third kappa shape index (κ3) is 4.05. The molecule has 0 bridgehead atoms. The van der Waals surface area contributed by atoms with Gasteiger partial charge in [0.05, 0.1) is 12.8 Å². The van der Waals surface area contributed by atoms with Crippen LogP contribution in [0.1, 0.15) is 36.3 Å². The van der Waals surface area contributed by atoms with Crippen LogP contribution in [0.3, 0.4) is 0 Å². The highest BCUT2D eigenvalue weighted by Gasteiger charge is 2.19. The van der Waals surface area contributed by atoms with Crippen LogP contribution in [0.25, 0.3) is 16.8 Å². The lowest BCUT2D eigenvalue weighted by Gasteiger charge is -2.26. The molecule has 2 aromatic heterocycles. The van der Waals surface area contributed by atoms with Crippen molar-refractivity contribution in [3.8, 4) is 16.9 Å². The summed E-state index contributed by atoms with van der Waals surface area (Å²) in [6.07, 6.45) is 3.97. The first-order valence-corrected chi connectivity index (χ1v) is 10.4. The zero-order chi connectivity index (χ0) is 20.4. The molecule has 3 heterocycles. The number of fused-ring (bicyclic) bond motifs is 1. The first-order chi connectivity index (χ1) is 14.1. The van der Waals surface area contributed by atoms with Gasteiger partial charge in [-0.2, -0.15) is 14.6 Å². The molecule has 1 fully saturated rings. The fraction of sp³-hybridized carbons (Fsp3) is 0.500. The number of methoxy groups -OCH3 is 1. The van der Waals surface area contributed by atoms with Crippen LogP contribution in [0, 0.1) is 20.8 Å². The predicted octanol–water partition coefficient (Wildman–Crippen LogP) is 3.62. The van der Waals surface area contributed by atoms with Gasteiger partial charge in [-0.1, -0.05) is 12.5 Å². The lowest BCUT2D eigenvalue weighted by Crippen LogP contribution is -2.34. The van der Waals surface area contributed by atoms with Gasteiger partial charge in [-0.3, -0.25) is 0 Å². The van der Waals surface area contributed by atoms with Gasteiger partial charge in [0.25, 0.3) is 0 Å². The molecule has 0 aliphatic carbocycles. The fourth-order valence-electron chi connectivity index (χ4n) is 4.13. The van der Waals surface area contributed by atoms with Crippen molar-refractivity contribution in [2.24, 2.45) is 0 Å². The van der Waals surface area contributed by atoms with Crippen molar-refractivity contribution in [2.45, 2.75) is 40.0 Å². The summed E-state index contributed by atoms with van der Waals surface area (Å²) in [7, 11) is 1.69. The number of benzene rings is 1. The SMILES string of the molecule is COc1ccc(-c2c(C)nn3c(NCCN4CCCCC4)nc(C)nc23)c(C)c1. The smallest absolute Gasteiger partial charge is 0.227 e. The Balaban J connectivity index is 1.65. The summed E-state index contributed by atoms with van der Waals surface area (Å²) in [5, 5.41) is 8.25. The molecule has 0 saturated carbocycles. The molecule has 29 heavy (non-hydrogen) atoms. The molecule has 1 aliphatic heterocycles. The first-order valence-electron chi connectivity index (χ1n) is 10.4. The summed E-state index contributed by atoms with van der Waals surface area (Å²) in [4.78, 5) is 11.9. The van der Waals surface area contributed by atoms with Crippen molar-refractivity contribution in [2.75, 3.05) is 38.6 Å². The number of anilines is 1. The van der Waals surface area contributed by atoms with E-state index in [4.69, 9.17) is 14.8 Å². The van der Waals surface area contributed by atoms with Gasteiger partial charge in [0.1, 0.15) is 11.6 Å². The van der Waals surface area contributed by atoms with E-state index in [1.807, 2.05) is 30.5 Å². The van der Waals surface area contributed by atoms with E-state index in [2.05, 4.69) is 28.2 Å². The molecular formula is C22H30N6O. The van der Waals surface area contributed by atoms with Crippen LogP contribution in [0.5, 0.6) is 5.75 Å². The maximum atomic E-state index is 5.36. The second-order valence-electron chi connectivity index (χ2n) is 7.80. The van der Waals surface area contributed by atoms with Gasteiger partial charge >= 0.3 is 0 Å². The number of aryl methyl sites for hydroxylation is 3. The molecular weight excluding hydrogens is 364 g/mol. The predicted molar refractivity (Wildman–Crippen MR) is 116 cm³/mol. The highest BCUT2D eigenvalue weighted by atomic mass is 16.5. The third-order valence-electron chi connectivity index (χ3n) is 5.63. The van der Waals surface area contributed by atoms with E-state index < -0.39 is 0 Å². The van der Waals surface area contributed by atoms with Crippen LogP contribution < -0.4 is 10.1 Å². The summed E-state index contributed by atoms with van der Waals surface area (Å²) in [6.45, 7) is 10.3. The Morgan fingerprint density at radius 2 is 1.86 bits per heavy atom. The van der Waals surface area contributed by atoms with Gasteiger partial charge in [0.2, 0.25) is 5.95 Å². The minimum Gasteiger partial charge on any atom is -0.497 e. The minimum atomic E-state index is 0.741. The maximum absolute atomic E-state index is 5.36. The number of rotatable bonds is 6. The largest absolute Gasteiger partial charge is 0.497 e. The van der Waals surface area contributed by atoms with Gasteiger partial charge in [-0.05, 0) is 70.0 Å². The van der Waals surface area contributed by atoms with Crippen molar-refractivity contribution in [3.63, 3.8) is 0 Å². The van der Waals surface area contributed by atoms with Crippen molar-refractivity contribution in [3.05, 3.63) is 35.3 Å². The van der Waals surface area contributed by atoms with Crippen molar-refractivity contribution in [1.82, 2.24) is 24.5 Å². The number of nitrogens with zero attached hydrogens (tertiary/aromatic N) is 5. The number of nitrogens with one attached hydrogen (secondary N) is 1. The molecule has 0 amide bonds. The summed E-state index contributed by atoms with van der Waals surface area (Å²) >= 11 is 0. The Hall–Kier alpha value is -2.67. The van der Waals surface area contributed by atoms with Gasteiger partial charge < -0.3 is 15.0 Å². The van der Waals surface area contributed by atoms with E-state index in [0.29, 0.717) is 0 Å². The number of hydrogen-bond donors (Lipinski definition) is 1. The molecule has 4 rings (SSSR count). The zero-order valence-electron chi connectivity index (χ0n) is 17.8. The van der Waals surface area contributed by atoms with E-state index in [1.165, 1.54) is 32.4 Å². The molecule has 3 aromatic rings. The van der Waals surface area contributed by atoms with E-state index in [0.717, 1.165) is 58.6 Å². The lowest BCUT2D eigenvalue weighted by atomic mass is 10.0. The Morgan fingerprint density at radius 1 is 1.07 bits per heavy atom. The van der Waals surface area contributed by atoms with Gasteiger partial charge in [-0.25, -0.2) is 4.98 Å². The summed E-state index contributed by atoms with van der Waals surface area (Å²) in [5.41, 5.74) is 5.09. The topological polar surface area (TPSA) is 67.6 Å². The molecule has 154 valence electrons. The minimum absolute atomic E-state index is 0.741. The van der Waals surface area contributed by atoms with Crippen LogP contribution in [0.2, 0.25) is 0 Å². The number of piperidine rings is 1. The zero-order valence-corrected chi connectivity index (χ0v) is 17.8. The molecule has 1 N–H and O–H groups in total. The van der Waals surface area contributed by atoms with Crippen LogP contribution in [-0.4, -0.2) is 57.8 Å². The first kappa shape index (κ1) is 19.6. The summed E-state index contributed by atoms with van der Waals surface area (Å²) in [5.74, 6) is 2.35. The van der Waals surface area contributed by atoms with Crippen molar-refractivity contribution >= 4 is 11.6 Å². The van der Waals surface area contributed by atoms with E-state index in [9.17, 15) is 0 Å². The third-order valence-corrected chi connectivity index (χ3v) is 5.63. The summed E-state index contributed by atoms with van der Waals surface area (Å²) < 4.78 is 7.20. The standard InChI is InChI=1S/C22H30N6O/c1-15-14-18(29-4)8-9-19(15)20-16(2)26-28-21(20)24-17(3)25-22(28)23-10-13-27-11-6-5-7-12-27/h8-9,14H,5-7,10-13H2,1-4H3,(H,23,24,25). The van der Waals surface area contributed by atoms with Crippen LogP contribution in [-0.2, 0) is 0 Å². The average molecular weight is 395 g/mol. The molecule has 1 saturated heterocycles. The monoisotopic (exact) mass is 394 g/mol. The van der Waals surface area contributed by atoms with Gasteiger partial charge in [0.15, 0.2) is 5.65 Å². The van der Waals surface area contributed by atoms with Crippen molar-refractivity contribution < 1.29 is 4.74 Å². The van der Waals surface area contributed by atoms with E-state index >= 15 is 0 Å². The average Bonchev–Trinajstić information content (AvgIpc) is 3.04. The highest BCUT2D eigenvalue weighted by Crippen LogP contribution is 2.32. The molecule has 0 spiro atoms. The summed E-state index contributed by atoms with van der Waals surface area (Å²) in [6, 6.07) is 6.11. The lowest BCUT2D eigenvalue weighted by molar-refractivity contribution is 0.237. The Labute approximate surface area is 172 Å². The van der Waals surface area contributed by atoms with Gasteiger partial charge in [0, 0.05) is 18.7 Å². The second-order valence-corrected chi connectivity index (χ2v) is 7.80. The Bertz CT molecular complexity index is 1010. The van der Waals surface area contributed by atoms with E-state index in [1.54, 1.807) is 7.11 Å². The molecule has 7 heteroatoms. The number of hydrogen-bond acceptors (Lipinski definition) is 6. The van der Waals surface area contributed by atoms with Crippen LogP contribution in [0.4, 0.5) is 5.95 Å². The molecule has 0 unspecified atom stereocenters. The van der Waals surface area contributed by atoms with Crippen molar-refractivity contribution in [1.29, 1.82) is 0 Å². The number of likely N-dealkylation sites (tertiary alicyclic amines) is 1. The number of aromatic nitrogens is 4. The van der Waals surface area contributed by atoms with Crippen LogP contribution >= 0.6 is 0 Å². The molecule has 0 radical (unpaired) electrons. The Kier molecular flexibility index (Phi) is 5.67. The molecule has 1 aliphatic rings. The second kappa shape index (κ2) is 8.37. The molecule has 0 atom stereocenters. The number of ether oxygens (including phenoxy) is 1. The quantitative estimate of drug-likeness (QED) is 0.689.